The molecule has 2 aromatic carbocycles. The second-order valence-corrected chi connectivity index (χ2v) is 6.48. The highest BCUT2D eigenvalue weighted by Crippen LogP contribution is 2.23. The van der Waals surface area contributed by atoms with Gasteiger partial charge >= 0.3 is 0 Å². The van der Waals surface area contributed by atoms with Gasteiger partial charge in [-0.1, -0.05) is 45.0 Å². The number of hydrogen-bond donors (Lipinski definition) is 3. The Bertz CT molecular complexity index is 756. The Morgan fingerprint density at radius 3 is 2.54 bits per heavy atom. The lowest BCUT2D eigenvalue weighted by Crippen LogP contribution is -2.24. The highest BCUT2D eigenvalue weighted by Gasteiger charge is 2.10. The summed E-state index contributed by atoms with van der Waals surface area (Å²) in [6.45, 7) is 6.98. The molecular formula is C21H27N3O2. The zero-order chi connectivity index (χ0) is 18.9. The molecule has 0 unspecified atom stereocenters. The Kier molecular flexibility index (Phi) is 7.21. The van der Waals surface area contributed by atoms with Crippen molar-refractivity contribution in [3.05, 3.63) is 59.7 Å². The van der Waals surface area contributed by atoms with E-state index in [1.165, 1.54) is 0 Å². The monoisotopic (exact) mass is 353 g/mol. The van der Waals surface area contributed by atoms with Gasteiger partial charge in [0.25, 0.3) is 5.91 Å². The second kappa shape index (κ2) is 9.61. The number of para-hydroxylation sites is 1. The Morgan fingerprint density at radius 1 is 1.04 bits per heavy atom. The fourth-order valence-electron chi connectivity index (χ4n) is 2.60. The molecule has 0 saturated carbocycles. The van der Waals surface area contributed by atoms with Crippen LogP contribution >= 0.6 is 0 Å². The highest BCUT2D eigenvalue weighted by molar-refractivity contribution is 5.96. The molecule has 0 saturated heterocycles. The van der Waals surface area contributed by atoms with Crippen LogP contribution in [0.25, 0.3) is 0 Å². The van der Waals surface area contributed by atoms with Crippen LogP contribution in [0.3, 0.4) is 0 Å². The Hall–Kier alpha value is -2.82. The van der Waals surface area contributed by atoms with Crippen molar-refractivity contribution in [3.63, 3.8) is 0 Å². The normalized spacial score (nSPS) is 10.5. The molecule has 3 N–H and O–H groups in total. The first-order valence-corrected chi connectivity index (χ1v) is 9.02. The lowest BCUT2D eigenvalue weighted by atomic mass is 10.0. The lowest BCUT2D eigenvalue weighted by Gasteiger charge is -2.14. The minimum atomic E-state index is -0.126. The molecular weight excluding hydrogens is 326 g/mol. The minimum absolute atomic E-state index is 0.106. The average Bonchev–Trinajstić information content (AvgIpc) is 2.65. The van der Waals surface area contributed by atoms with Crippen molar-refractivity contribution in [1.29, 1.82) is 0 Å². The predicted molar refractivity (Wildman–Crippen MR) is 107 cm³/mol. The van der Waals surface area contributed by atoms with Crippen LogP contribution in [0.1, 0.15) is 49.0 Å². The number of anilines is 2. The van der Waals surface area contributed by atoms with E-state index in [9.17, 15) is 9.59 Å². The number of rotatable bonds is 8. The predicted octanol–water partition coefficient (Wildman–Crippen LogP) is 4.00. The molecule has 0 radical (unpaired) electrons. The van der Waals surface area contributed by atoms with Gasteiger partial charge in [-0.15, -0.1) is 0 Å². The van der Waals surface area contributed by atoms with Gasteiger partial charge in [0, 0.05) is 23.5 Å². The van der Waals surface area contributed by atoms with Gasteiger partial charge in [-0.25, -0.2) is 0 Å². The van der Waals surface area contributed by atoms with Crippen molar-refractivity contribution in [2.24, 2.45) is 0 Å². The minimum Gasteiger partial charge on any atom is -0.376 e. The van der Waals surface area contributed by atoms with Crippen LogP contribution < -0.4 is 16.0 Å². The summed E-state index contributed by atoms with van der Waals surface area (Å²) in [5, 5.41) is 8.86. The second-order valence-electron chi connectivity index (χ2n) is 6.48. The summed E-state index contributed by atoms with van der Waals surface area (Å²) in [7, 11) is 0. The topological polar surface area (TPSA) is 70.2 Å². The van der Waals surface area contributed by atoms with Crippen LogP contribution in [0, 0.1) is 0 Å². The molecule has 26 heavy (non-hydrogen) atoms. The van der Waals surface area contributed by atoms with E-state index in [1.54, 1.807) is 18.2 Å². The van der Waals surface area contributed by atoms with E-state index < -0.39 is 0 Å². The molecule has 0 spiro atoms. The summed E-state index contributed by atoms with van der Waals surface area (Å²) < 4.78 is 0. The standard InChI is InChI=1S/C21H27N3O2/c1-4-12-22-21(26)16-8-7-9-17(13-16)23-14-20(25)24-19-11-6-5-10-18(19)15(2)3/h5-11,13,15,23H,4,12,14H2,1-3H3,(H,22,26)(H,24,25). The van der Waals surface area contributed by atoms with Crippen LogP contribution in [0.15, 0.2) is 48.5 Å². The lowest BCUT2D eigenvalue weighted by molar-refractivity contribution is -0.114. The Balaban J connectivity index is 1.95. The summed E-state index contributed by atoms with van der Waals surface area (Å²) in [6.07, 6.45) is 0.891. The van der Waals surface area contributed by atoms with Crippen molar-refractivity contribution < 1.29 is 9.59 Å². The van der Waals surface area contributed by atoms with Crippen LogP contribution in [0.5, 0.6) is 0 Å². The maximum atomic E-state index is 12.3. The zero-order valence-corrected chi connectivity index (χ0v) is 15.6. The molecule has 2 amide bonds. The van der Waals surface area contributed by atoms with Crippen LogP contribution in [0.4, 0.5) is 11.4 Å². The first-order valence-electron chi connectivity index (χ1n) is 9.02. The number of hydrogen-bond acceptors (Lipinski definition) is 3. The molecule has 0 aliphatic rings. The third-order valence-corrected chi connectivity index (χ3v) is 3.97. The number of carbonyl (C=O) groups excluding carboxylic acids is 2. The number of amides is 2. The SMILES string of the molecule is CCCNC(=O)c1cccc(NCC(=O)Nc2ccccc2C(C)C)c1. The van der Waals surface area contributed by atoms with E-state index in [1.807, 2.05) is 37.3 Å². The third-order valence-electron chi connectivity index (χ3n) is 3.97. The van der Waals surface area contributed by atoms with Crippen molar-refractivity contribution in [1.82, 2.24) is 5.32 Å². The fraction of sp³-hybridized carbons (Fsp3) is 0.333. The summed E-state index contributed by atoms with van der Waals surface area (Å²) in [6, 6.07) is 15.0. The van der Waals surface area contributed by atoms with Gasteiger partial charge in [0.1, 0.15) is 0 Å². The van der Waals surface area contributed by atoms with E-state index >= 15 is 0 Å². The third kappa shape index (κ3) is 5.62. The maximum absolute atomic E-state index is 12.3. The summed E-state index contributed by atoms with van der Waals surface area (Å²) in [5.74, 6) is 0.0996. The van der Waals surface area contributed by atoms with Gasteiger partial charge in [0.2, 0.25) is 5.91 Å². The molecule has 2 rings (SSSR count). The smallest absolute Gasteiger partial charge is 0.251 e. The molecule has 0 fully saturated rings. The number of nitrogens with one attached hydrogen (secondary N) is 3. The van der Waals surface area contributed by atoms with Gasteiger partial charge in [-0.05, 0) is 42.2 Å². The van der Waals surface area contributed by atoms with E-state index in [0.717, 1.165) is 23.4 Å². The first kappa shape index (κ1) is 19.5. The van der Waals surface area contributed by atoms with Gasteiger partial charge in [0.15, 0.2) is 0 Å². The van der Waals surface area contributed by atoms with Crippen LogP contribution in [0.2, 0.25) is 0 Å². The van der Waals surface area contributed by atoms with Gasteiger partial charge in [0.05, 0.1) is 6.54 Å². The average molecular weight is 353 g/mol. The van der Waals surface area contributed by atoms with Gasteiger partial charge in [-0.2, -0.15) is 0 Å². The molecule has 0 atom stereocenters. The van der Waals surface area contributed by atoms with Crippen LogP contribution in [-0.2, 0) is 4.79 Å². The van der Waals surface area contributed by atoms with Crippen molar-refractivity contribution in [3.8, 4) is 0 Å². The fourth-order valence-corrected chi connectivity index (χ4v) is 2.60. The molecule has 0 aliphatic heterocycles. The Morgan fingerprint density at radius 2 is 1.81 bits per heavy atom. The molecule has 0 heterocycles. The van der Waals surface area contributed by atoms with E-state index in [2.05, 4.69) is 29.8 Å². The molecule has 2 aromatic rings. The van der Waals surface area contributed by atoms with Crippen molar-refractivity contribution in [2.45, 2.75) is 33.1 Å². The van der Waals surface area contributed by atoms with Crippen molar-refractivity contribution in [2.75, 3.05) is 23.7 Å². The quantitative estimate of drug-likeness (QED) is 0.672. The number of benzene rings is 2. The Labute approximate surface area is 155 Å². The summed E-state index contributed by atoms with van der Waals surface area (Å²) >= 11 is 0. The first-order chi connectivity index (χ1) is 12.5. The summed E-state index contributed by atoms with van der Waals surface area (Å²) in [5.41, 5.74) is 3.26. The van der Waals surface area contributed by atoms with Gasteiger partial charge in [-0.3, -0.25) is 9.59 Å². The molecule has 0 bridgehead atoms. The number of carbonyl (C=O) groups is 2. The molecule has 138 valence electrons. The maximum Gasteiger partial charge on any atom is 0.251 e. The molecule has 5 heteroatoms. The van der Waals surface area contributed by atoms with Gasteiger partial charge < -0.3 is 16.0 Å². The summed E-state index contributed by atoms with van der Waals surface area (Å²) in [4.78, 5) is 24.3. The largest absolute Gasteiger partial charge is 0.376 e. The highest BCUT2D eigenvalue weighted by atomic mass is 16.2. The molecule has 0 aliphatic carbocycles. The molecule has 0 aromatic heterocycles. The van der Waals surface area contributed by atoms with E-state index in [4.69, 9.17) is 0 Å². The van der Waals surface area contributed by atoms with E-state index in [-0.39, 0.29) is 18.4 Å². The van der Waals surface area contributed by atoms with Crippen molar-refractivity contribution >= 4 is 23.2 Å². The van der Waals surface area contributed by atoms with E-state index in [0.29, 0.717) is 18.0 Å². The molecule has 5 nitrogen and oxygen atoms in total. The zero-order valence-electron chi connectivity index (χ0n) is 15.6. The van der Waals surface area contributed by atoms with Crippen LogP contribution in [-0.4, -0.2) is 24.9 Å².